The van der Waals surface area contributed by atoms with Crippen LogP contribution in [0.1, 0.15) is 11.4 Å². The number of hydrogen-bond donors (Lipinski definition) is 2. The summed E-state index contributed by atoms with van der Waals surface area (Å²) in [6.07, 6.45) is 0. The summed E-state index contributed by atoms with van der Waals surface area (Å²) in [6.45, 7) is 3.94. The van der Waals surface area contributed by atoms with E-state index in [9.17, 15) is 4.79 Å². The number of aryl methyl sites for hydroxylation is 2. The van der Waals surface area contributed by atoms with Crippen LogP contribution in [-0.2, 0) is 0 Å². The van der Waals surface area contributed by atoms with Crippen LogP contribution in [0.4, 0.5) is 10.5 Å². The van der Waals surface area contributed by atoms with E-state index < -0.39 is 6.03 Å². The van der Waals surface area contributed by atoms with E-state index in [2.05, 4.69) is 10.3 Å². The van der Waals surface area contributed by atoms with Crippen LogP contribution in [0.25, 0.3) is 11.1 Å². The van der Waals surface area contributed by atoms with Gasteiger partial charge in [0.25, 0.3) is 0 Å². The van der Waals surface area contributed by atoms with Gasteiger partial charge in [-0.15, -0.1) is 0 Å². The molecule has 1 heterocycles. The Hall–Kier alpha value is -2.36. The molecule has 1 aromatic heterocycles. The van der Waals surface area contributed by atoms with Crippen molar-refractivity contribution in [2.24, 2.45) is 5.73 Å². The van der Waals surface area contributed by atoms with Gasteiger partial charge in [-0.3, -0.25) is 4.98 Å². The molecule has 1 aromatic carbocycles. The third kappa shape index (κ3) is 2.85. The van der Waals surface area contributed by atoms with E-state index in [4.69, 9.17) is 5.73 Å². The summed E-state index contributed by atoms with van der Waals surface area (Å²) in [6, 6.07) is 11.0. The summed E-state index contributed by atoms with van der Waals surface area (Å²) in [5.41, 5.74) is 9.92. The first-order chi connectivity index (χ1) is 8.54. The first kappa shape index (κ1) is 12.1. The largest absolute Gasteiger partial charge is 0.351 e. The lowest BCUT2D eigenvalue weighted by molar-refractivity contribution is 0.259. The maximum absolute atomic E-state index is 10.7. The Bertz CT molecular complexity index is 556. The number of amides is 2. The highest BCUT2D eigenvalue weighted by atomic mass is 16.2. The highest BCUT2D eigenvalue weighted by Gasteiger charge is 2.01. The number of nitrogens with two attached hydrogens (primary N) is 1. The zero-order valence-electron chi connectivity index (χ0n) is 10.4. The van der Waals surface area contributed by atoms with E-state index in [1.54, 1.807) is 0 Å². The quantitative estimate of drug-likeness (QED) is 0.848. The molecule has 3 N–H and O–H groups in total. The predicted molar refractivity (Wildman–Crippen MR) is 72.4 cm³/mol. The second kappa shape index (κ2) is 4.87. The molecule has 0 aliphatic rings. The van der Waals surface area contributed by atoms with Gasteiger partial charge in [-0.25, -0.2) is 4.79 Å². The van der Waals surface area contributed by atoms with Gasteiger partial charge in [0.2, 0.25) is 0 Å². The number of primary amides is 1. The van der Waals surface area contributed by atoms with Crippen molar-refractivity contribution in [3.8, 4) is 11.1 Å². The Balaban J connectivity index is 2.31. The molecule has 0 aliphatic carbocycles. The molecule has 0 aliphatic heterocycles. The summed E-state index contributed by atoms with van der Waals surface area (Å²) in [7, 11) is 0. The number of nitrogens with one attached hydrogen (secondary N) is 1. The molecule has 0 fully saturated rings. The lowest BCUT2D eigenvalue weighted by atomic mass is 10.0. The van der Waals surface area contributed by atoms with Crippen molar-refractivity contribution in [1.82, 2.24) is 4.98 Å². The molecule has 0 saturated carbocycles. The molecule has 0 unspecified atom stereocenters. The first-order valence-corrected chi connectivity index (χ1v) is 5.67. The third-order valence-electron chi connectivity index (χ3n) is 2.57. The van der Waals surface area contributed by atoms with Crippen LogP contribution in [0, 0.1) is 13.8 Å². The number of aromatic nitrogens is 1. The van der Waals surface area contributed by atoms with Crippen LogP contribution in [0.2, 0.25) is 0 Å². The molecule has 0 atom stereocenters. The number of pyridine rings is 1. The van der Waals surface area contributed by atoms with Gasteiger partial charge >= 0.3 is 6.03 Å². The van der Waals surface area contributed by atoms with E-state index in [0.717, 1.165) is 22.5 Å². The average molecular weight is 241 g/mol. The minimum Gasteiger partial charge on any atom is -0.351 e. The van der Waals surface area contributed by atoms with E-state index in [1.807, 2.05) is 50.2 Å². The Kier molecular flexibility index (Phi) is 3.28. The maximum Gasteiger partial charge on any atom is 0.316 e. The highest BCUT2D eigenvalue weighted by molar-refractivity contribution is 5.88. The summed E-state index contributed by atoms with van der Waals surface area (Å²) < 4.78 is 0. The van der Waals surface area contributed by atoms with Crippen molar-refractivity contribution in [3.63, 3.8) is 0 Å². The predicted octanol–water partition coefficient (Wildman–Crippen LogP) is 2.86. The number of rotatable bonds is 2. The highest BCUT2D eigenvalue weighted by Crippen LogP contribution is 2.22. The van der Waals surface area contributed by atoms with Gasteiger partial charge in [0.05, 0.1) is 0 Å². The van der Waals surface area contributed by atoms with Gasteiger partial charge in [0, 0.05) is 17.1 Å². The fraction of sp³-hybridized carbons (Fsp3) is 0.143. The van der Waals surface area contributed by atoms with Crippen LogP contribution in [-0.4, -0.2) is 11.0 Å². The van der Waals surface area contributed by atoms with E-state index >= 15 is 0 Å². The lowest BCUT2D eigenvalue weighted by Crippen LogP contribution is -2.19. The summed E-state index contributed by atoms with van der Waals surface area (Å²) in [5, 5.41) is 2.53. The fourth-order valence-electron chi connectivity index (χ4n) is 1.89. The van der Waals surface area contributed by atoms with Crippen LogP contribution in [0.15, 0.2) is 36.4 Å². The number of carbonyl (C=O) groups is 1. The zero-order valence-corrected chi connectivity index (χ0v) is 10.4. The van der Waals surface area contributed by atoms with Crippen LogP contribution >= 0.6 is 0 Å². The van der Waals surface area contributed by atoms with Crippen LogP contribution < -0.4 is 11.1 Å². The maximum atomic E-state index is 10.7. The standard InChI is InChI=1S/C14H15N3O/c1-9-7-12(8-10(2)16-9)11-3-5-13(6-4-11)17-14(15)18/h3-8H,1-2H3,(H3,15,17,18). The van der Waals surface area contributed by atoms with Gasteiger partial charge in [-0.05, 0) is 49.2 Å². The number of nitrogens with zero attached hydrogens (tertiary/aromatic N) is 1. The minimum atomic E-state index is -0.557. The first-order valence-electron chi connectivity index (χ1n) is 5.67. The Morgan fingerprint density at radius 2 is 1.61 bits per heavy atom. The Labute approximate surface area is 106 Å². The Morgan fingerprint density at radius 3 is 2.11 bits per heavy atom. The summed E-state index contributed by atoms with van der Waals surface area (Å²) in [5.74, 6) is 0. The van der Waals surface area contributed by atoms with Crippen molar-refractivity contribution in [2.45, 2.75) is 13.8 Å². The van der Waals surface area contributed by atoms with E-state index in [1.165, 1.54) is 0 Å². The molecule has 18 heavy (non-hydrogen) atoms. The monoisotopic (exact) mass is 241 g/mol. The third-order valence-corrected chi connectivity index (χ3v) is 2.57. The average Bonchev–Trinajstić information content (AvgIpc) is 2.27. The summed E-state index contributed by atoms with van der Waals surface area (Å²) in [4.78, 5) is 15.1. The number of hydrogen-bond acceptors (Lipinski definition) is 2. The molecular weight excluding hydrogens is 226 g/mol. The molecule has 4 nitrogen and oxygen atoms in total. The number of urea groups is 1. The van der Waals surface area contributed by atoms with Crippen molar-refractivity contribution in [1.29, 1.82) is 0 Å². The molecule has 2 rings (SSSR count). The van der Waals surface area contributed by atoms with Crippen molar-refractivity contribution < 1.29 is 4.79 Å². The van der Waals surface area contributed by atoms with E-state index in [0.29, 0.717) is 5.69 Å². The smallest absolute Gasteiger partial charge is 0.316 e. The summed E-state index contributed by atoms with van der Waals surface area (Å²) >= 11 is 0. The SMILES string of the molecule is Cc1cc(-c2ccc(NC(N)=O)cc2)cc(C)n1. The lowest BCUT2D eigenvalue weighted by Gasteiger charge is -2.06. The number of carbonyl (C=O) groups excluding carboxylic acids is 1. The number of anilines is 1. The zero-order chi connectivity index (χ0) is 13.1. The molecule has 92 valence electrons. The molecule has 4 heteroatoms. The van der Waals surface area contributed by atoms with Gasteiger partial charge in [-0.1, -0.05) is 12.1 Å². The van der Waals surface area contributed by atoms with Crippen molar-refractivity contribution in [2.75, 3.05) is 5.32 Å². The van der Waals surface area contributed by atoms with E-state index in [-0.39, 0.29) is 0 Å². The van der Waals surface area contributed by atoms with Crippen LogP contribution in [0.3, 0.4) is 0 Å². The van der Waals surface area contributed by atoms with Crippen molar-refractivity contribution >= 4 is 11.7 Å². The van der Waals surface area contributed by atoms with Gasteiger partial charge < -0.3 is 11.1 Å². The second-order valence-corrected chi connectivity index (χ2v) is 4.21. The fourth-order valence-corrected chi connectivity index (χ4v) is 1.89. The van der Waals surface area contributed by atoms with Gasteiger partial charge in [0.15, 0.2) is 0 Å². The molecule has 0 bridgehead atoms. The van der Waals surface area contributed by atoms with Crippen LogP contribution in [0.5, 0.6) is 0 Å². The minimum absolute atomic E-state index is 0.557. The molecule has 0 spiro atoms. The molecule has 2 aromatic rings. The molecule has 2 amide bonds. The normalized spacial score (nSPS) is 10.1. The van der Waals surface area contributed by atoms with Gasteiger partial charge in [0.1, 0.15) is 0 Å². The Morgan fingerprint density at radius 1 is 1.06 bits per heavy atom. The molecular formula is C14H15N3O. The van der Waals surface area contributed by atoms with Gasteiger partial charge in [-0.2, -0.15) is 0 Å². The second-order valence-electron chi connectivity index (χ2n) is 4.21. The number of benzene rings is 1. The van der Waals surface area contributed by atoms with Crippen molar-refractivity contribution in [3.05, 3.63) is 47.8 Å². The molecule has 0 saturated heterocycles. The topological polar surface area (TPSA) is 68.0 Å². The molecule has 0 radical (unpaired) electrons.